The fraction of sp³-hybridized carbons (Fsp3) is 0.364. The van der Waals surface area contributed by atoms with E-state index < -0.39 is 0 Å². The molecule has 20 heavy (non-hydrogen) atoms. The summed E-state index contributed by atoms with van der Waals surface area (Å²) in [6, 6.07) is 1.78. The normalized spacial score (nSPS) is 15.4. The quantitative estimate of drug-likeness (QED) is 0.731. The van der Waals surface area contributed by atoms with Crippen molar-refractivity contribution >= 4 is 17.8 Å². The molecule has 3 heterocycles. The molecule has 9 heteroatoms. The molecule has 0 saturated carbocycles. The number of nitrogens with one attached hydrogen (secondary N) is 1. The first kappa shape index (κ1) is 12.3. The summed E-state index contributed by atoms with van der Waals surface area (Å²) in [7, 11) is 0. The highest BCUT2D eigenvalue weighted by Crippen LogP contribution is 2.11. The smallest absolute Gasteiger partial charge is 0.291 e. The van der Waals surface area contributed by atoms with Gasteiger partial charge in [0.2, 0.25) is 17.7 Å². The third-order valence-corrected chi connectivity index (χ3v) is 3.11. The molecule has 1 saturated heterocycles. The van der Waals surface area contributed by atoms with Crippen molar-refractivity contribution in [1.82, 2.24) is 30.0 Å². The molecule has 1 fully saturated rings. The zero-order chi connectivity index (χ0) is 13.9. The Hall–Kier alpha value is -2.71. The molecule has 3 rings (SSSR count). The number of hydrogen-bond acceptors (Lipinski definition) is 7. The molecule has 0 bridgehead atoms. The lowest BCUT2D eigenvalue weighted by molar-refractivity contribution is 0.0734. The topological polar surface area (TPSA) is 117 Å². The number of aromatic nitrogens is 5. The van der Waals surface area contributed by atoms with Gasteiger partial charge in [0.05, 0.1) is 0 Å². The van der Waals surface area contributed by atoms with E-state index in [0.29, 0.717) is 32.1 Å². The maximum atomic E-state index is 12.1. The van der Waals surface area contributed by atoms with Gasteiger partial charge in [0.25, 0.3) is 5.91 Å². The van der Waals surface area contributed by atoms with Crippen LogP contribution in [-0.2, 0) is 0 Å². The highest BCUT2D eigenvalue weighted by Gasteiger charge is 2.25. The van der Waals surface area contributed by atoms with E-state index in [1.165, 1.54) is 0 Å². The highest BCUT2D eigenvalue weighted by molar-refractivity contribution is 5.90. The second-order valence-corrected chi connectivity index (χ2v) is 4.37. The molecule has 9 nitrogen and oxygen atoms in total. The van der Waals surface area contributed by atoms with Gasteiger partial charge in [0.15, 0.2) is 0 Å². The number of hydrogen-bond donors (Lipinski definition) is 2. The number of nitrogens with zero attached hydrogens (tertiary/aromatic N) is 6. The summed E-state index contributed by atoms with van der Waals surface area (Å²) in [6.45, 7) is 2.52. The number of rotatable bonds is 2. The first-order chi connectivity index (χ1) is 9.74. The number of carbonyl (C=O) groups is 1. The Balaban J connectivity index is 1.63. The van der Waals surface area contributed by atoms with Gasteiger partial charge >= 0.3 is 0 Å². The van der Waals surface area contributed by atoms with E-state index in [9.17, 15) is 4.79 Å². The molecule has 1 amide bonds. The van der Waals surface area contributed by atoms with Gasteiger partial charge in [0, 0.05) is 38.6 Å². The second kappa shape index (κ2) is 5.11. The molecular weight excluding hydrogens is 260 g/mol. The molecule has 2 aromatic heterocycles. The fourth-order valence-corrected chi connectivity index (χ4v) is 2.08. The largest absolute Gasteiger partial charge is 0.366 e. The van der Waals surface area contributed by atoms with Crippen molar-refractivity contribution in [3.05, 3.63) is 24.3 Å². The average Bonchev–Trinajstić information content (AvgIpc) is 2.94. The summed E-state index contributed by atoms with van der Waals surface area (Å²) in [4.78, 5) is 28.1. The predicted octanol–water partition coefficient (Wildman–Crippen LogP) is -0.861. The molecule has 3 N–H and O–H groups in total. The van der Waals surface area contributed by atoms with Crippen molar-refractivity contribution in [2.24, 2.45) is 0 Å². The Morgan fingerprint density at radius 1 is 1.20 bits per heavy atom. The van der Waals surface area contributed by atoms with Crippen LogP contribution in [0.5, 0.6) is 0 Å². The monoisotopic (exact) mass is 274 g/mol. The summed E-state index contributed by atoms with van der Waals surface area (Å²) >= 11 is 0. The first-order valence-electron chi connectivity index (χ1n) is 6.23. The van der Waals surface area contributed by atoms with Gasteiger partial charge in [-0.1, -0.05) is 0 Å². The standard InChI is InChI=1S/C11H14N8O/c12-10-15-8(16-17-10)9(20)18-4-6-19(7-5-18)11-13-2-1-3-14-11/h1-3H,4-7H2,(H3,12,15,16,17). The first-order valence-corrected chi connectivity index (χ1v) is 6.23. The number of amides is 1. The number of aromatic amines is 1. The molecule has 0 radical (unpaired) electrons. The summed E-state index contributed by atoms with van der Waals surface area (Å²) < 4.78 is 0. The Bertz CT molecular complexity index is 589. The van der Waals surface area contributed by atoms with E-state index >= 15 is 0 Å². The van der Waals surface area contributed by atoms with Crippen molar-refractivity contribution in [2.45, 2.75) is 0 Å². The molecule has 104 valence electrons. The maximum Gasteiger partial charge on any atom is 0.291 e. The van der Waals surface area contributed by atoms with Gasteiger partial charge in [-0.25, -0.2) is 9.97 Å². The third kappa shape index (κ3) is 2.37. The lowest BCUT2D eigenvalue weighted by atomic mass is 10.3. The molecule has 2 aromatic rings. The second-order valence-electron chi connectivity index (χ2n) is 4.37. The average molecular weight is 274 g/mol. The van der Waals surface area contributed by atoms with E-state index in [2.05, 4.69) is 25.1 Å². The minimum absolute atomic E-state index is 0.0738. The van der Waals surface area contributed by atoms with Gasteiger partial charge in [-0.2, -0.15) is 4.98 Å². The Kier molecular flexibility index (Phi) is 3.15. The molecule has 1 aliphatic rings. The zero-order valence-corrected chi connectivity index (χ0v) is 10.7. The highest BCUT2D eigenvalue weighted by atomic mass is 16.2. The Morgan fingerprint density at radius 2 is 1.90 bits per heavy atom. The minimum Gasteiger partial charge on any atom is -0.366 e. The van der Waals surface area contributed by atoms with Crippen LogP contribution in [-0.4, -0.2) is 62.1 Å². The number of nitrogen functional groups attached to an aromatic ring is 1. The molecular formula is C11H14N8O. The van der Waals surface area contributed by atoms with Crippen molar-refractivity contribution < 1.29 is 4.79 Å². The van der Waals surface area contributed by atoms with E-state index in [1.807, 2.05) is 4.90 Å². The Labute approximate surface area is 114 Å². The fourth-order valence-electron chi connectivity index (χ4n) is 2.08. The number of H-pyrrole nitrogens is 1. The van der Waals surface area contributed by atoms with Gasteiger partial charge in [0.1, 0.15) is 0 Å². The summed E-state index contributed by atoms with van der Waals surface area (Å²) in [6.07, 6.45) is 3.41. The van der Waals surface area contributed by atoms with Crippen LogP contribution in [0.25, 0.3) is 0 Å². The third-order valence-electron chi connectivity index (χ3n) is 3.11. The number of anilines is 2. The summed E-state index contributed by atoms with van der Waals surface area (Å²) in [5.41, 5.74) is 5.40. The number of carbonyl (C=O) groups excluding carboxylic acids is 1. The van der Waals surface area contributed by atoms with Crippen molar-refractivity contribution in [3.8, 4) is 0 Å². The number of piperazine rings is 1. The zero-order valence-electron chi connectivity index (χ0n) is 10.7. The number of nitrogens with two attached hydrogens (primary N) is 1. The van der Waals surface area contributed by atoms with Crippen LogP contribution in [0, 0.1) is 0 Å². The van der Waals surface area contributed by atoms with Crippen LogP contribution in [0.2, 0.25) is 0 Å². The van der Waals surface area contributed by atoms with Crippen LogP contribution >= 0.6 is 0 Å². The lowest BCUT2D eigenvalue weighted by Crippen LogP contribution is -2.49. The summed E-state index contributed by atoms with van der Waals surface area (Å²) in [5, 5.41) is 6.19. The maximum absolute atomic E-state index is 12.1. The SMILES string of the molecule is Nc1n[nH]c(C(=O)N2CCN(c3ncccn3)CC2)n1. The van der Waals surface area contributed by atoms with Gasteiger partial charge in [-0.3, -0.25) is 9.89 Å². The Morgan fingerprint density at radius 3 is 2.50 bits per heavy atom. The van der Waals surface area contributed by atoms with Gasteiger partial charge in [-0.05, 0) is 6.07 Å². The van der Waals surface area contributed by atoms with Crippen LogP contribution in [0.15, 0.2) is 18.5 Å². The van der Waals surface area contributed by atoms with Crippen molar-refractivity contribution in [3.63, 3.8) is 0 Å². The lowest BCUT2D eigenvalue weighted by Gasteiger charge is -2.34. The van der Waals surface area contributed by atoms with E-state index in [0.717, 1.165) is 0 Å². The van der Waals surface area contributed by atoms with Crippen LogP contribution < -0.4 is 10.6 Å². The minimum atomic E-state index is -0.192. The van der Waals surface area contributed by atoms with Crippen molar-refractivity contribution in [2.75, 3.05) is 36.8 Å². The molecule has 0 unspecified atom stereocenters. The molecule has 0 aliphatic carbocycles. The van der Waals surface area contributed by atoms with Crippen LogP contribution in [0.4, 0.5) is 11.9 Å². The van der Waals surface area contributed by atoms with E-state index in [4.69, 9.17) is 5.73 Å². The molecule has 0 spiro atoms. The van der Waals surface area contributed by atoms with Crippen molar-refractivity contribution in [1.29, 1.82) is 0 Å². The van der Waals surface area contributed by atoms with E-state index in [1.54, 1.807) is 23.4 Å². The van der Waals surface area contributed by atoms with Gasteiger partial charge in [-0.15, -0.1) is 5.10 Å². The molecule has 0 atom stereocenters. The van der Waals surface area contributed by atoms with Crippen LogP contribution in [0.3, 0.4) is 0 Å². The summed E-state index contributed by atoms with van der Waals surface area (Å²) in [5.74, 6) is 0.739. The van der Waals surface area contributed by atoms with E-state index in [-0.39, 0.29) is 17.7 Å². The molecule has 0 aromatic carbocycles. The van der Waals surface area contributed by atoms with Gasteiger partial charge < -0.3 is 15.5 Å². The molecule has 1 aliphatic heterocycles. The van der Waals surface area contributed by atoms with Crippen LogP contribution in [0.1, 0.15) is 10.6 Å². The predicted molar refractivity (Wildman–Crippen MR) is 70.9 cm³/mol.